The van der Waals surface area contributed by atoms with Crippen molar-refractivity contribution in [3.05, 3.63) is 34.6 Å². The number of nitrogens with two attached hydrogens (primary N) is 1. The van der Waals surface area contributed by atoms with Gasteiger partial charge in [0.25, 0.3) is 5.91 Å². The maximum Gasteiger partial charge on any atom is 0.253 e. The zero-order valence-electron chi connectivity index (χ0n) is 10.8. The third-order valence-corrected chi connectivity index (χ3v) is 3.04. The molecule has 3 nitrogen and oxygen atoms in total. The summed E-state index contributed by atoms with van der Waals surface area (Å²) in [6.07, 6.45) is 0. The number of nitrogens with zero attached hydrogens (tertiary/aromatic N) is 1. The van der Waals surface area contributed by atoms with Gasteiger partial charge >= 0.3 is 0 Å². The lowest BCUT2D eigenvalue weighted by Gasteiger charge is -2.29. The van der Waals surface area contributed by atoms with Crippen LogP contribution in [0.4, 0.5) is 4.39 Å². The Balaban J connectivity index is 2.83. The van der Waals surface area contributed by atoms with Gasteiger partial charge in [0.05, 0.1) is 5.02 Å². The molecule has 0 radical (unpaired) electrons. The lowest BCUT2D eigenvalue weighted by Crippen LogP contribution is -2.39. The zero-order chi connectivity index (χ0) is 13.9. The van der Waals surface area contributed by atoms with Crippen molar-refractivity contribution < 1.29 is 9.18 Å². The largest absolute Gasteiger partial charge is 0.341 e. The molecule has 5 heteroatoms. The van der Waals surface area contributed by atoms with Crippen molar-refractivity contribution in [3.8, 4) is 0 Å². The van der Waals surface area contributed by atoms with E-state index in [9.17, 15) is 9.18 Å². The SMILES string of the molecule is CN(CC(C)(C)CN)C(=O)c1ccc(Cl)c(F)c1. The van der Waals surface area contributed by atoms with Crippen molar-refractivity contribution in [1.82, 2.24) is 4.90 Å². The van der Waals surface area contributed by atoms with E-state index < -0.39 is 5.82 Å². The lowest BCUT2D eigenvalue weighted by molar-refractivity contribution is 0.0740. The topological polar surface area (TPSA) is 46.3 Å². The second kappa shape index (κ2) is 5.67. The molecule has 1 rings (SSSR count). The third-order valence-electron chi connectivity index (χ3n) is 2.73. The number of amides is 1. The van der Waals surface area contributed by atoms with Crippen molar-refractivity contribution >= 4 is 17.5 Å². The molecule has 0 heterocycles. The molecule has 0 aromatic heterocycles. The zero-order valence-corrected chi connectivity index (χ0v) is 11.6. The molecule has 100 valence electrons. The van der Waals surface area contributed by atoms with Crippen LogP contribution in [0.3, 0.4) is 0 Å². The fourth-order valence-electron chi connectivity index (χ4n) is 1.63. The Bertz CT molecular complexity index is 449. The molecular weight excluding hydrogens is 255 g/mol. The number of benzene rings is 1. The molecule has 0 aliphatic heterocycles. The summed E-state index contributed by atoms with van der Waals surface area (Å²) in [6.45, 7) is 4.92. The predicted octanol–water partition coefficient (Wildman–Crippen LogP) is 2.54. The highest BCUT2D eigenvalue weighted by Gasteiger charge is 2.22. The van der Waals surface area contributed by atoms with Crippen molar-refractivity contribution in [1.29, 1.82) is 0 Å². The average molecular weight is 273 g/mol. The van der Waals surface area contributed by atoms with Gasteiger partial charge in [0.1, 0.15) is 5.82 Å². The highest BCUT2D eigenvalue weighted by molar-refractivity contribution is 6.30. The number of hydrogen-bond acceptors (Lipinski definition) is 2. The molecule has 0 saturated carbocycles. The summed E-state index contributed by atoms with van der Waals surface area (Å²) < 4.78 is 13.3. The van der Waals surface area contributed by atoms with Gasteiger partial charge in [-0.1, -0.05) is 25.4 Å². The van der Waals surface area contributed by atoms with Gasteiger partial charge in [-0.3, -0.25) is 4.79 Å². The Morgan fingerprint density at radius 2 is 2.11 bits per heavy atom. The van der Waals surface area contributed by atoms with Crippen LogP contribution in [0.2, 0.25) is 5.02 Å². The van der Waals surface area contributed by atoms with Crippen molar-refractivity contribution in [3.63, 3.8) is 0 Å². The Hall–Kier alpha value is -1.13. The van der Waals surface area contributed by atoms with Crippen LogP contribution in [-0.4, -0.2) is 30.9 Å². The standard InChI is InChI=1S/C13H18ClFN2O/c1-13(2,7-16)8-17(3)12(18)9-4-5-10(14)11(15)6-9/h4-6H,7-8,16H2,1-3H3. The van der Waals surface area contributed by atoms with Crippen LogP contribution >= 0.6 is 11.6 Å². The van der Waals surface area contributed by atoms with Gasteiger partial charge in [0, 0.05) is 19.2 Å². The van der Waals surface area contributed by atoms with Crippen LogP contribution < -0.4 is 5.73 Å². The van der Waals surface area contributed by atoms with Crippen LogP contribution in [0, 0.1) is 11.2 Å². The summed E-state index contributed by atoms with van der Waals surface area (Å²) in [7, 11) is 1.67. The van der Waals surface area contributed by atoms with E-state index in [1.165, 1.54) is 17.0 Å². The van der Waals surface area contributed by atoms with Crippen molar-refractivity contribution in [2.45, 2.75) is 13.8 Å². The molecule has 18 heavy (non-hydrogen) atoms. The second-order valence-electron chi connectivity index (χ2n) is 5.16. The summed E-state index contributed by atoms with van der Waals surface area (Å²) in [6, 6.07) is 4.04. The van der Waals surface area contributed by atoms with Gasteiger partial charge in [0.15, 0.2) is 0 Å². The van der Waals surface area contributed by atoms with Crippen LogP contribution in [-0.2, 0) is 0 Å². The third kappa shape index (κ3) is 3.68. The number of carbonyl (C=O) groups is 1. The van der Waals surface area contributed by atoms with E-state index in [1.807, 2.05) is 13.8 Å². The van der Waals surface area contributed by atoms with Crippen molar-refractivity contribution in [2.24, 2.45) is 11.1 Å². The van der Waals surface area contributed by atoms with Gasteiger partial charge in [-0.2, -0.15) is 0 Å². The van der Waals surface area contributed by atoms with Crippen LogP contribution in [0.15, 0.2) is 18.2 Å². The van der Waals surface area contributed by atoms with E-state index in [-0.39, 0.29) is 21.9 Å². The first-order valence-corrected chi connectivity index (χ1v) is 6.05. The summed E-state index contributed by atoms with van der Waals surface area (Å²) in [4.78, 5) is 13.6. The van der Waals surface area contributed by atoms with Crippen LogP contribution in [0.25, 0.3) is 0 Å². The van der Waals surface area contributed by atoms with E-state index in [1.54, 1.807) is 7.05 Å². The highest BCUT2D eigenvalue weighted by Crippen LogP contribution is 2.19. The molecule has 0 aliphatic carbocycles. The predicted molar refractivity (Wildman–Crippen MR) is 71.2 cm³/mol. The smallest absolute Gasteiger partial charge is 0.253 e. The fraction of sp³-hybridized carbons (Fsp3) is 0.462. The van der Waals surface area contributed by atoms with Crippen molar-refractivity contribution in [2.75, 3.05) is 20.1 Å². The van der Waals surface area contributed by atoms with Gasteiger partial charge in [0.2, 0.25) is 0 Å². The fourth-order valence-corrected chi connectivity index (χ4v) is 1.75. The molecule has 0 fully saturated rings. The van der Waals surface area contributed by atoms with E-state index in [2.05, 4.69) is 0 Å². The van der Waals surface area contributed by atoms with Gasteiger partial charge in [-0.15, -0.1) is 0 Å². The van der Waals surface area contributed by atoms with E-state index in [4.69, 9.17) is 17.3 Å². The monoisotopic (exact) mass is 272 g/mol. The minimum absolute atomic E-state index is 0.0106. The van der Waals surface area contributed by atoms with Gasteiger partial charge in [-0.05, 0) is 30.2 Å². The number of carbonyl (C=O) groups excluding carboxylic acids is 1. The van der Waals surface area contributed by atoms with E-state index in [0.29, 0.717) is 13.1 Å². The molecule has 2 N–H and O–H groups in total. The Labute approximate surface area is 112 Å². The minimum atomic E-state index is -0.589. The van der Waals surface area contributed by atoms with E-state index in [0.717, 1.165) is 6.07 Å². The first-order valence-electron chi connectivity index (χ1n) is 5.67. The van der Waals surface area contributed by atoms with Gasteiger partial charge < -0.3 is 10.6 Å². The first kappa shape index (κ1) is 14.9. The minimum Gasteiger partial charge on any atom is -0.341 e. The lowest BCUT2D eigenvalue weighted by atomic mass is 9.93. The summed E-state index contributed by atoms with van der Waals surface area (Å²) in [5, 5.41) is 0.0106. The Morgan fingerprint density at radius 3 is 2.61 bits per heavy atom. The molecule has 1 aromatic rings. The number of hydrogen-bond donors (Lipinski definition) is 1. The average Bonchev–Trinajstić information content (AvgIpc) is 2.31. The van der Waals surface area contributed by atoms with Gasteiger partial charge in [-0.25, -0.2) is 4.39 Å². The molecule has 1 aromatic carbocycles. The second-order valence-corrected chi connectivity index (χ2v) is 5.57. The molecule has 0 spiro atoms. The summed E-state index contributed by atoms with van der Waals surface area (Å²) in [5.74, 6) is -0.832. The molecule has 0 bridgehead atoms. The quantitative estimate of drug-likeness (QED) is 0.916. The molecule has 1 amide bonds. The molecular formula is C13H18ClFN2O. The Kier molecular flexibility index (Phi) is 4.71. The highest BCUT2D eigenvalue weighted by atomic mass is 35.5. The molecule has 0 saturated heterocycles. The summed E-state index contributed by atoms with van der Waals surface area (Å²) >= 11 is 5.58. The van der Waals surface area contributed by atoms with Crippen LogP contribution in [0.1, 0.15) is 24.2 Å². The molecule has 0 unspecified atom stereocenters. The Morgan fingerprint density at radius 1 is 1.50 bits per heavy atom. The maximum absolute atomic E-state index is 13.3. The first-order chi connectivity index (χ1) is 8.26. The molecule has 0 aliphatic rings. The van der Waals surface area contributed by atoms with Crippen LogP contribution in [0.5, 0.6) is 0 Å². The van der Waals surface area contributed by atoms with E-state index >= 15 is 0 Å². The summed E-state index contributed by atoms with van der Waals surface area (Å²) in [5.41, 5.74) is 5.74. The number of rotatable bonds is 4. The number of halogens is 2. The maximum atomic E-state index is 13.3. The molecule has 0 atom stereocenters. The normalized spacial score (nSPS) is 11.4.